The van der Waals surface area contributed by atoms with Gasteiger partial charge in [-0.1, -0.05) is 50.6 Å². The molecule has 2 aromatic rings. The van der Waals surface area contributed by atoms with Gasteiger partial charge in [0.25, 0.3) is 0 Å². The minimum atomic E-state index is -3.91. The minimum Gasteiger partial charge on any atom is -0.354 e. The van der Waals surface area contributed by atoms with Crippen molar-refractivity contribution in [2.75, 3.05) is 18.0 Å². The number of sulfonamides is 1. The molecule has 1 heterocycles. The van der Waals surface area contributed by atoms with E-state index in [2.05, 4.69) is 16.1 Å². The molecule has 1 aliphatic rings. The van der Waals surface area contributed by atoms with Crippen LogP contribution in [0.1, 0.15) is 43.9 Å². The van der Waals surface area contributed by atoms with E-state index < -0.39 is 16.1 Å². The van der Waals surface area contributed by atoms with Crippen LogP contribution in [0.2, 0.25) is 0 Å². The molecule has 0 aliphatic carbocycles. The average Bonchev–Trinajstić information content (AvgIpc) is 3.20. The van der Waals surface area contributed by atoms with E-state index in [0.29, 0.717) is 32.4 Å². The maximum Gasteiger partial charge on any atom is 0.241 e. The van der Waals surface area contributed by atoms with Gasteiger partial charge in [0, 0.05) is 25.2 Å². The molecule has 0 radical (unpaired) electrons. The van der Waals surface area contributed by atoms with Crippen molar-refractivity contribution in [3.8, 4) is 0 Å². The van der Waals surface area contributed by atoms with E-state index in [9.17, 15) is 18.0 Å². The van der Waals surface area contributed by atoms with Gasteiger partial charge in [0.1, 0.15) is 6.04 Å². The smallest absolute Gasteiger partial charge is 0.241 e. The number of carbonyl (C=O) groups is 2. The average molecular weight is 472 g/mol. The molecule has 0 unspecified atom stereocenters. The molecule has 0 fully saturated rings. The van der Waals surface area contributed by atoms with Crippen molar-refractivity contribution >= 4 is 27.5 Å². The molecule has 178 valence electrons. The summed E-state index contributed by atoms with van der Waals surface area (Å²) in [6.07, 6.45) is 1.68. The zero-order valence-electron chi connectivity index (χ0n) is 19.7. The number of fused-ring (bicyclic) bond motifs is 1. The lowest BCUT2D eigenvalue weighted by Gasteiger charge is -2.22. The summed E-state index contributed by atoms with van der Waals surface area (Å²) < 4.78 is 28.8. The topological polar surface area (TPSA) is 95.6 Å². The Morgan fingerprint density at radius 1 is 1.12 bits per heavy atom. The molecule has 3 rings (SSSR count). The predicted molar refractivity (Wildman–Crippen MR) is 130 cm³/mol. The Morgan fingerprint density at radius 3 is 2.55 bits per heavy atom. The Morgan fingerprint density at radius 2 is 1.88 bits per heavy atom. The molecule has 7 nitrogen and oxygen atoms in total. The van der Waals surface area contributed by atoms with E-state index >= 15 is 0 Å². The summed E-state index contributed by atoms with van der Waals surface area (Å²) in [7, 11) is -3.91. The van der Waals surface area contributed by atoms with Gasteiger partial charge in [0.2, 0.25) is 21.8 Å². The first-order valence-corrected chi connectivity index (χ1v) is 12.9. The van der Waals surface area contributed by atoms with Crippen molar-refractivity contribution < 1.29 is 18.0 Å². The highest BCUT2D eigenvalue weighted by Crippen LogP contribution is 2.30. The number of anilines is 1. The van der Waals surface area contributed by atoms with Gasteiger partial charge >= 0.3 is 0 Å². The minimum absolute atomic E-state index is 0.0182. The lowest BCUT2D eigenvalue weighted by molar-refractivity contribution is -0.123. The number of benzene rings is 2. The number of amides is 2. The van der Waals surface area contributed by atoms with Crippen LogP contribution in [-0.2, 0) is 32.5 Å². The highest BCUT2D eigenvalue weighted by molar-refractivity contribution is 7.89. The monoisotopic (exact) mass is 471 g/mol. The molecule has 0 aromatic heterocycles. The van der Waals surface area contributed by atoms with Crippen molar-refractivity contribution in [3.05, 3.63) is 59.2 Å². The van der Waals surface area contributed by atoms with Gasteiger partial charge in [-0.2, -0.15) is 4.72 Å². The normalized spacial score (nSPS) is 14.3. The lowest BCUT2D eigenvalue weighted by atomic mass is 10.0. The second-order valence-electron chi connectivity index (χ2n) is 8.81. The van der Waals surface area contributed by atoms with Crippen LogP contribution in [0.15, 0.2) is 47.4 Å². The van der Waals surface area contributed by atoms with Crippen LogP contribution in [0.25, 0.3) is 0 Å². The zero-order valence-corrected chi connectivity index (χ0v) is 20.5. The molecule has 0 saturated carbocycles. The van der Waals surface area contributed by atoms with Crippen LogP contribution in [0.4, 0.5) is 5.69 Å². The predicted octanol–water partition coefficient (Wildman–Crippen LogP) is 2.96. The number of hydrogen-bond donors (Lipinski definition) is 2. The highest BCUT2D eigenvalue weighted by Gasteiger charge is 2.30. The Kier molecular flexibility index (Phi) is 7.92. The fourth-order valence-corrected chi connectivity index (χ4v) is 5.42. The number of nitrogens with one attached hydrogen (secondary N) is 2. The second-order valence-corrected chi connectivity index (χ2v) is 10.5. The summed E-state index contributed by atoms with van der Waals surface area (Å²) in [5, 5.41) is 2.86. The summed E-state index contributed by atoms with van der Waals surface area (Å²) in [6.45, 7) is 8.42. The lowest BCUT2D eigenvalue weighted by Crippen LogP contribution is -2.49. The third-order valence-electron chi connectivity index (χ3n) is 5.89. The van der Waals surface area contributed by atoms with Crippen molar-refractivity contribution in [2.24, 2.45) is 5.92 Å². The van der Waals surface area contributed by atoms with E-state index in [1.54, 1.807) is 24.0 Å². The Balaban J connectivity index is 1.68. The first-order valence-electron chi connectivity index (χ1n) is 11.4. The van der Waals surface area contributed by atoms with Gasteiger partial charge in [-0.05, 0) is 55.0 Å². The van der Waals surface area contributed by atoms with Gasteiger partial charge in [0.15, 0.2) is 0 Å². The molecule has 0 saturated heterocycles. The van der Waals surface area contributed by atoms with Gasteiger partial charge < -0.3 is 10.2 Å². The molecule has 2 N–H and O–H groups in total. The van der Waals surface area contributed by atoms with Gasteiger partial charge in [-0.15, -0.1) is 0 Å². The van der Waals surface area contributed by atoms with Gasteiger partial charge in [0.05, 0.1) is 4.90 Å². The molecule has 2 aromatic carbocycles. The fourth-order valence-electron chi connectivity index (χ4n) is 4.03. The van der Waals surface area contributed by atoms with E-state index in [1.807, 2.05) is 39.0 Å². The zero-order chi connectivity index (χ0) is 24.2. The maximum absolute atomic E-state index is 13.1. The summed E-state index contributed by atoms with van der Waals surface area (Å²) in [5.41, 5.74) is 3.85. The summed E-state index contributed by atoms with van der Waals surface area (Å²) in [4.78, 5) is 26.7. The molecule has 0 spiro atoms. The molecule has 1 atom stereocenters. The summed E-state index contributed by atoms with van der Waals surface area (Å²) in [6, 6.07) is 12.0. The highest BCUT2D eigenvalue weighted by atomic mass is 32.2. The third kappa shape index (κ3) is 6.00. The quantitative estimate of drug-likeness (QED) is 0.588. The fraction of sp³-hybridized carbons (Fsp3) is 0.440. The van der Waals surface area contributed by atoms with E-state index in [1.165, 1.54) is 6.07 Å². The largest absolute Gasteiger partial charge is 0.354 e. The number of carbonyl (C=O) groups excluding carboxylic acids is 2. The van der Waals surface area contributed by atoms with Gasteiger partial charge in [-0.25, -0.2) is 8.42 Å². The standard InChI is InChI=1S/C25H33N3O4S/c1-5-23(29)28-14-12-20-16-21(9-10-22(20)28)33(31,32)27-24(17(2)3)25(30)26-13-11-19-8-6-7-18(4)15-19/h6-10,15-17,24,27H,5,11-14H2,1-4H3,(H,26,30)/t24-/m1/s1. The molecule has 0 bridgehead atoms. The first-order chi connectivity index (χ1) is 15.6. The number of rotatable bonds is 9. The Labute approximate surface area is 196 Å². The Bertz CT molecular complexity index is 1130. The molecule has 8 heteroatoms. The first kappa shape index (κ1) is 24.9. The number of nitrogens with zero attached hydrogens (tertiary/aromatic N) is 1. The van der Waals surface area contributed by atoms with Crippen LogP contribution in [0, 0.1) is 12.8 Å². The van der Waals surface area contributed by atoms with Crippen molar-refractivity contribution in [2.45, 2.75) is 57.9 Å². The second kappa shape index (κ2) is 10.5. The molecule has 2 amide bonds. The molecule has 33 heavy (non-hydrogen) atoms. The van der Waals surface area contributed by atoms with E-state index in [0.717, 1.165) is 22.4 Å². The maximum atomic E-state index is 13.1. The van der Waals surface area contributed by atoms with Crippen molar-refractivity contribution in [1.29, 1.82) is 0 Å². The molecular weight excluding hydrogens is 438 g/mol. The van der Waals surface area contributed by atoms with Crippen LogP contribution in [-0.4, -0.2) is 39.4 Å². The number of aryl methyl sites for hydroxylation is 1. The van der Waals surface area contributed by atoms with Crippen LogP contribution >= 0.6 is 0 Å². The van der Waals surface area contributed by atoms with Crippen molar-refractivity contribution in [1.82, 2.24) is 10.0 Å². The Hall–Kier alpha value is -2.71. The number of hydrogen-bond acceptors (Lipinski definition) is 4. The van der Waals surface area contributed by atoms with Crippen LogP contribution < -0.4 is 14.9 Å². The van der Waals surface area contributed by atoms with E-state index in [-0.39, 0.29) is 22.6 Å². The van der Waals surface area contributed by atoms with E-state index in [4.69, 9.17) is 0 Å². The van der Waals surface area contributed by atoms with Crippen molar-refractivity contribution in [3.63, 3.8) is 0 Å². The SMILES string of the molecule is CCC(=O)N1CCc2cc(S(=O)(=O)N[C@@H](C(=O)NCCc3cccc(C)c3)C(C)C)ccc21. The summed E-state index contributed by atoms with van der Waals surface area (Å²) in [5.74, 6) is -0.558. The molecule has 1 aliphatic heterocycles. The van der Waals surface area contributed by atoms with Crippen LogP contribution in [0.3, 0.4) is 0 Å². The molecular formula is C25H33N3O4S. The van der Waals surface area contributed by atoms with Crippen LogP contribution in [0.5, 0.6) is 0 Å². The van der Waals surface area contributed by atoms with Gasteiger partial charge in [-0.3, -0.25) is 9.59 Å². The third-order valence-corrected chi connectivity index (χ3v) is 7.33. The summed E-state index contributed by atoms with van der Waals surface area (Å²) >= 11 is 0.